The lowest BCUT2D eigenvalue weighted by atomic mass is 10.1. The van der Waals surface area contributed by atoms with Gasteiger partial charge in [0.25, 0.3) is 5.91 Å². The van der Waals surface area contributed by atoms with E-state index in [4.69, 9.17) is 21.1 Å². The van der Waals surface area contributed by atoms with Crippen molar-refractivity contribution in [3.63, 3.8) is 0 Å². The minimum Gasteiger partial charge on any atom is -0.497 e. The number of amides is 1. The average molecular weight is 383 g/mol. The van der Waals surface area contributed by atoms with Crippen molar-refractivity contribution in [2.24, 2.45) is 0 Å². The van der Waals surface area contributed by atoms with Crippen molar-refractivity contribution in [3.8, 4) is 17.2 Å². The number of ether oxygens (including phenoxy) is 2. The van der Waals surface area contributed by atoms with E-state index in [1.54, 1.807) is 68.6 Å². The van der Waals surface area contributed by atoms with Gasteiger partial charge in [-0.25, -0.2) is 0 Å². The van der Waals surface area contributed by atoms with Crippen molar-refractivity contribution in [2.75, 3.05) is 12.4 Å². The van der Waals surface area contributed by atoms with Crippen LogP contribution in [0.1, 0.15) is 21.7 Å². The van der Waals surface area contributed by atoms with Crippen molar-refractivity contribution < 1.29 is 14.3 Å². The Bertz CT molecular complexity index is 972. The number of pyridine rings is 1. The van der Waals surface area contributed by atoms with Crippen LogP contribution in [0.2, 0.25) is 5.02 Å². The lowest BCUT2D eigenvalue weighted by Crippen LogP contribution is -2.15. The summed E-state index contributed by atoms with van der Waals surface area (Å²) in [6, 6.07) is 15.8. The first kappa shape index (κ1) is 18.7. The molecule has 1 heterocycles. The van der Waals surface area contributed by atoms with E-state index in [9.17, 15) is 4.79 Å². The molecule has 0 spiro atoms. The van der Waals surface area contributed by atoms with Gasteiger partial charge in [-0.1, -0.05) is 11.6 Å². The van der Waals surface area contributed by atoms with Gasteiger partial charge in [0.05, 0.1) is 24.1 Å². The third-order valence-corrected chi connectivity index (χ3v) is 4.18. The minimum atomic E-state index is -0.276. The Labute approximate surface area is 162 Å². The molecule has 0 unspecified atom stereocenters. The van der Waals surface area contributed by atoms with Crippen LogP contribution in [0.15, 0.2) is 54.6 Å². The van der Waals surface area contributed by atoms with Crippen LogP contribution in [0, 0.1) is 13.8 Å². The second-order valence-corrected chi connectivity index (χ2v) is 6.39. The van der Waals surface area contributed by atoms with Crippen molar-refractivity contribution in [1.29, 1.82) is 0 Å². The predicted octanol–water partition coefficient (Wildman–Crippen LogP) is 5.41. The molecule has 2 aromatic carbocycles. The number of methoxy groups -OCH3 is 1. The highest BCUT2D eigenvalue weighted by molar-refractivity contribution is 6.31. The van der Waals surface area contributed by atoms with Crippen LogP contribution in [-0.4, -0.2) is 18.0 Å². The van der Waals surface area contributed by atoms with Crippen LogP contribution in [-0.2, 0) is 0 Å². The van der Waals surface area contributed by atoms with Gasteiger partial charge < -0.3 is 14.8 Å². The van der Waals surface area contributed by atoms with Crippen LogP contribution in [0.4, 0.5) is 5.69 Å². The monoisotopic (exact) mass is 382 g/mol. The fraction of sp³-hybridized carbons (Fsp3) is 0.143. The first-order valence-corrected chi connectivity index (χ1v) is 8.71. The normalized spacial score (nSPS) is 10.4. The molecule has 0 saturated heterocycles. The molecule has 0 bridgehead atoms. The van der Waals surface area contributed by atoms with Crippen LogP contribution in [0.3, 0.4) is 0 Å². The standard InChI is InChI=1S/C21H19ClN2O3/c1-13-4-10-18(14(2)23-13)21(25)24-19-12-15(22)5-11-20(19)27-17-8-6-16(26-3)7-9-17/h4-12H,1-3H3,(H,24,25). The summed E-state index contributed by atoms with van der Waals surface area (Å²) < 4.78 is 11.0. The van der Waals surface area contributed by atoms with E-state index >= 15 is 0 Å². The Hall–Kier alpha value is -3.05. The fourth-order valence-corrected chi connectivity index (χ4v) is 2.75. The molecule has 0 atom stereocenters. The lowest BCUT2D eigenvalue weighted by molar-refractivity contribution is 0.102. The number of hydrogen-bond donors (Lipinski definition) is 1. The van der Waals surface area contributed by atoms with Crippen LogP contribution in [0.25, 0.3) is 0 Å². The molecular weight excluding hydrogens is 364 g/mol. The number of hydrogen-bond acceptors (Lipinski definition) is 4. The first-order chi connectivity index (χ1) is 13.0. The van der Waals surface area contributed by atoms with Crippen molar-refractivity contribution in [3.05, 3.63) is 76.6 Å². The van der Waals surface area contributed by atoms with Gasteiger partial charge in [0.2, 0.25) is 0 Å². The molecule has 1 amide bonds. The topological polar surface area (TPSA) is 60.5 Å². The molecular formula is C21H19ClN2O3. The van der Waals surface area contributed by atoms with Gasteiger partial charge in [-0.2, -0.15) is 0 Å². The molecule has 1 aromatic heterocycles. The molecule has 3 aromatic rings. The molecule has 1 N–H and O–H groups in total. The summed E-state index contributed by atoms with van der Waals surface area (Å²) in [4.78, 5) is 17.0. The van der Waals surface area contributed by atoms with E-state index in [0.29, 0.717) is 33.5 Å². The Morgan fingerprint density at radius 1 is 1.00 bits per heavy atom. The quantitative estimate of drug-likeness (QED) is 0.641. The van der Waals surface area contributed by atoms with E-state index in [-0.39, 0.29) is 5.91 Å². The highest BCUT2D eigenvalue weighted by Gasteiger charge is 2.14. The number of rotatable bonds is 5. The number of benzene rings is 2. The zero-order valence-corrected chi connectivity index (χ0v) is 16.0. The molecule has 138 valence electrons. The molecule has 0 saturated carbocycles. The summed E-state index contributed by atoms with van der Waals surface area (Å²) in [7, 11) is 1.60. The summed E-state index contributed by atoms with van der Waals surface area (Å²) in [6.45, 7) is 3.68. The van der Waals surface area contributed by atoms with E-state index in [1.165, 1.54) is 0 Å². The number of halogens is 1. The molecule has 5 nitrogen and oxygen atoms in total. The molecule has 3 rings (SSSR count). The molecule has 6 heteroatoms. The maximum absolute atomic E-state index is 12.7. The van der Waals surface area contributed by atoms with E-state index in [1.807, 2.05) is 6.92 Å². The second-order valence-electron chi connectivity index (χ2n) is 5.96. The second kappa shape index (κ2) is 8.10. The van der Waals surface area contributed by atoms with Gasteiger partial charge in [-0.05, 0) is 68.4 Å². The highest BCUT2D eigenvalue weighted by atomic mass is 35.5. The molecule has 0 fully saturated rings. The molecule has 0 aliphatic carbocycles. The highest BCUT2D eigenvalue weighted by Crippen LogP contribution is 2.33. The van der Waals surface area contributed by atoms with Crippen LogP contribution in [0.5, 0.6) is 17.2 Å². The number of aryl methyl sites for hydroxylation is 2. The third kappa shape index (κ3) is 4.57. The Morgan fingerprint density at radius 3 is 2.37 bits per heavy atom. The number of carbonyl (C=O) groups is 1. The maximum atomic E-state index is 12.7. The summed E-state index contributed by atoms with van der Waals surface area (Å²) in [5.41, 5.74) is 2.49. The Morgan fingerprint density at radius 2 is 1.70 bits per heavy atom. The number of nitrogens with one attached hydrogen (secondary N) is 1. The van der Waals surface area contributed by atoms with Gasteiger partial charge in [0.1, 0.15) is 11.5 Å². The fourth-order valence-electron chi connectivity index (χ4n) is 2.58. The zero-order valence-electron chi connectivity index (χ0n) is 15.2. The number of carbonyl (C=O) groups excluding carboxylic acids is 1. The average Bonchev–Trinajstić information content (AvgIpc) is 2.64. The maximum Gasteiger partial charge on any atom is 0.257 e. The van der Waals surface area contributed by atoms with E-state index in [0.717, 1.165) is 11.4 Å². The minimum absolute atomic E-state index is 0.276. The van der Waals surface area contributed by atoms with Gasteiger partial charge >= 0.3 is 0 Å². The van der Waals surface area contributed by atoms with Gasteiger partial charge in [0, 0.05) is 10.7 Å². The summed E-state index contributed by atoms with van der Waals surface area (Å²) in [5.74, 6) is 1.55. The van der Waals surface area contributed by atoms with Crippen molar-refractivity contribution in [1.82, 2.24) is 4.98 Å². The number of anilines is 1. The van der Waals surface area contributed by atoms with Gasteiger partial charge in [-0.3, -0.25) is 9.78 Å². The Kier molecular flexibility index (Phi) is 5.62. The number of aromatic nitrogens is 1. The van der Waals surface area contributed by atoms with Crippen LogP contribution < -0.4 is 14.8 Å². The molecule has 0 aliphatic rings. The van der Waals surface area contributed by atoms with Crippen LogP contribution >= 0.6 is 11.6 Å². The Balaban J connectivity index is 1.86. The van der Waals surface area contributed by atoms with Crippen molar-refractivity contribution in [2.45, 2.75) is 13.8 Å². The van der Waals surface area contributed by atoms with E-state index < -0.39 is 0 Å². The summed E-state index contributed by atoms with van der Waals surface area (Å²) in [5, 5.41) is 3.35. The van der Waals surface area contributed by atoms with Gasteiger partial charge in [-0.15, -0.1) is 0 Å². The zero-order chi connectivity index (χ0) is 19.4. The van der Waals surface area contributed by atoms with Crippen molar-refractivity contribution >= 4 is 23.2 Å². The number of nitrogens with zero attached hydrogens (tertiary/aromatic N) is 1. The SMILES string of the molecule is COc1ccc(Oc2ccc(Cl)cc2NC(=O)c2ccc(C)nc2C)cc1. The lowest BCUT2D eigenvalue weighted by Gasteiger charge is -2.14. The summed E-state index contributed by atoms with van der Waals surface area (Å²) >= 11 is 6.11. The predicted molar refractivity (Wildman–Crippen MR) is 106 cm³/mol. The van der Waals surface area contributed by atoms with E-state index in [2.05, 4.69) is 10.3 Å². The van der Waals surface area contributed by atoms with Gasteiger partial charge in [0.15, 0.2) is 5.75 Å². The molecule has 27 heavy (non-hydrogen) atoms. The molecule has 0 radical (unpaired) electrons. The largest absolute Gasteiger partial charge is 0.497 e. The first-order valence-electron chi connectivity index (χ1n) is 8.33. The summed E-state index contributed by atoms with van der Waals surface area (Å²) in [6.07, 6.45) is 0. The smallest absolute Gasteiger partial charge is 0.257 e. The molecule has 0 aliphatic heterocycles. The third-order valence-electron chi connectivity index (χ3n) is 3.95.